The van der Waals surface area contributed by atoms with E-state index in [1.807, 2.05) is 18.2 Å². The Bertz CT molecular complexity index is 1190. The molecule has 2 aromatic rings. The Morgan fingerprint density at radius 1 is 1.09 bits per heavy atom. The molecule has 0 spiro atoms. The van der Waals surface area contributed by atoms with Gasteiger partial charge in [-0.1, -0.05) is 53.8 Å². The fourth-order valence-electron chi connectivity index (χ4n) is 4.39. The Hall–Kier alpha value is -2.72. The number of amides is 2. The van der Waals surface area contributed by atoms with Crippen molar-refractivity contribution in [2.24, 2.45) is 0 Å². The predicted molar refractivity (Wildman–Crippen MR) is 137 cm³/mol. The molecule has 2 fully saturated rings. The molecule has 0 radical (unpaired) electrons. The number of aryl methyl sites for hydroxylation is 1. The minimum Gasteiger partial charge on any atom is -0.482 e. The fraction of sp³-hybridized carbons (Fsp3) is 0.320. The lowest BCUT2D eigenvalue weighted by Crippen LogP contribution is -2.38. The van der Waals surface area contributed by atoms with E-state index in [2.05, 4.69) is 35.3 Å². The molecule has 1 N–H and O–H groups in total. The smallest absolute Gasteiger partial charge is 0.265 e. The van der Waals surface area contributed by atoms with Crippen LogP contribution in [0.5, 0.6) is 5.75 Å². The van der Waals surface area contributed by atoms with E-state index in [0.717, 1.165) is 44.0 Å². The Kier molecular flexibility index (Phi) is 6.69. The first-order valence-electron chi connectivity index (χ1n) is 11.2. The average molecular weight is 496 g/mol. The molecule has 2 amide bonds. The summed E-state index contributed by atoms with van der Waals surface area (Å²) < 4.78 is 11.6. The van der Waals surface area contributed by atoms with Crippen LogP contribution in [0.4, 0.5) is 5.69 Å². The number of nitrogens with one attached hydrogen (secondary N) is 1. The van der Waals surface area contributed by atoms with Crippen LogP contribution in [0.2, 0.25) is 0 Å². The van der Waals surface area contributed by atoms with Gasteiger partial charge in [0.2, 0.25) is 0 Å². The van der Waals surface area contributed by atoms with E-state index in [0.29, 0.717) is 27.2 Å². The largest absolute Gasteiger partial charge is 0.482 e. The monoisotopic (exact) mass is 495 g/mol. The molecule has 34 heavy (non-hydrogen) atoms. The molecule has 0 aliphatic carbocycles. The highest BCUT2D eigenvalue weighted by Crippen LogP contribution is 2.36. The van der Waals surface area contributed by atoms with E-state index in [1.54, 1.807) is 11.0 Å². The maximum Gasteiger partial charge on any atom is 0.265 e. The highest BCUT2D eigenvalue weighted by Gasteiger charge is 2.27. The molecule has 3 heterocycles. The summed E-state index contributed by atoms with van der Waals surface area (Å²) in [7, 11) is 0. The first-order chi connectivity index (χ1) is 16.4. The second kappa shape index (κ2) is 9.87. The van der Waals surface area contributed by atoms with Crippen LogP contribution in [0.1, 0.15) is 22.3 Å². The van der Waals surface area contributed by atoms with Gasteiger partial charge in [0.15, 0.2) is 6.61 Å². The molecular weight excluding hydrogens is 470 g/mol. The van der Waals surface area contributed by atoms with Crippen LogP contribution in [-0.4, -0.2) is 53.9 Å². The van der Waals surface area contributed by atoms with Crippen LogP contribution >= 0.6 is 24.0 Å². The first kappa shape index (κ1) is 23.0. The number of morpholine rings is 1. The molecule has 2 saturated heterocycles. The van der Waals surface area contributed by atoms with Gasteiger partial charge < -0.3 is 19.7 Å². The topological polar surface area (TPSA) is 71.1 Å². The molecule has 0 unspecified atom stereocenters. The zero-order valence-electron chi connectivity index (χ0n) is 18.8. The van der Waals surface area contributed by atoms with Crippen molar-refractivity contribution in [3.63, 3.8) is 0 Å². The number of thioether (sulfide) groups is 1. The Balaban J connectivity index is 1.40. The van der Waals surface area contributed by atoms with Crippen molar-refractivity contribution in [3.05, 3.63) is 63.6 Å². The minimum absolute atomic E-state index is 0.00636. The Morgan fingerprint density at radius 2 is 1.85 bits per heavy atom. The van der Waals surface area contributed by atoms with Gasteiger partial charge in [-0.25, -0.2) is 0 Å². The molecule has 0 atom stereocenters. The summed E-state index contributed by atoms with van der Waals surface area (Å²) in [6.45, 7) is 6.80. The van der Waals surface area contributed by atoms with Gasteiger partial charge in [0.05, 0.1) is 30.4 Å². The summed E-state index contributed by atoms with van der Waals surface area (Å²) in [6.07, 6.45) is 1.78. The number of carbonyl (C=O) groups is 2. The van der Waals surface area contributed by atoms with Crippen LogP contribution < -0.4 is 15.0 Å². The Morgan fingerprint density at radius 3 is 2.59 bits per heavy atom. The van der Waals surface area contributed by atoms with E-state index < -0.39 is 0 Å². The third-order valence-electron chi connectivity index (χ3n) is 5.91. The predicted octanol–water partition coefficient (Wildman–Crippen LogP) is 3.24. The number of anilines is 1. The fourth-order valence-corrected chi connectivity index (χ4v) is 5.43. The third-order valence-corrected chi connectivity index (χ3v) is 7.08. The lowest BCUT2D eigenvalue weighted by Gasteiger charge is -2.30. The van der Waals surface area contributed by atoms with Crippen LogP contribution in [0.3, 0.4) is 0 Å². The molecule has 176 valence electrons. The molecule has 0 aromatic heterocycles. The number of fused-ring (bicyclic) bond motifs is 1. The molecule has 9 heteroatoms. The zero-order valence-corrected chi connectivity index (χ0v) is 20.5. The summed E-state index contributed by atoms with van der Waals surface area (Å²) in [4.78, 5) is 29.6. The van der Waals surface area contributed by atoms with Gasteiger partial charge in [0, 0.05) is 19.6 Å². The number of rotatable bonds is 5. The van der Waals surface area contributed by atoms with Gasteiger partial charge >= 0.3 is 0 Å². The number of thiocarbonyl (C=S) groups is 1. The number of hydrogen-bond donors (Lipinski definition) is 1. The SMILES string of the molecule is Cc1cc(CN2CCOCC2)cc(CN2C(=O)COc3ccc(/C=C4/SC(=S)NC4=O)cc32)c1. The van der Waals surface area contributed by atoms with Crippen LogP contribution in [-0.2, 0) is 27.4 Å². The van der Waals surface area contributed by atoms with Crippen molar-refractivity contribution in [1.29, 1.82) is 0 Å². The van der Waals surface area contributed by atoms with Crippen LogP contribution in [0.25, 0.3) is 6.08 Å². The van der Waals surface area contributed by atoms with E-state index in [9.17, 15) is 9.59 Å². The summed E-state index contributed by atoms with van der Waals surface area (Å²) in [5.74, 6) is 0.356. The number of hydrogen-bond acceptors (Lipinski definition) is 7. The third kappa shape index (κ3) is 5.17. The Labute approximate surface area is 208 Å². The van der Waals surface area contributed by atoms with Gasteiger partial charge in [0.1, 0.15) is 10.1 Å². The minimum atomic E-state index is -0.204. The highest BCUT2D eigenvalue weighted by atomic mass is 32.2. The van der Waals surface area contributed by atoms with E-state index in [-0.39, 0.29) is 18.4 Å². The number of carbonyl (C=O) groups excluding carboxylic acids is 2. The second-order valence-electron chi connectivity index (χ2n) is 8.56. The van der Waals surface area contributed by atoms with Crippen molar-refractivity contribution in [1.82, 2.24) is 10.2 Å². The normalized spacial score (nSPS) is 19.9. The highest BCUT2D eigenvalue weighted by molar-refractivity contribution is 8.26. The van der Waals surface area contributed by atoms with Gasteiger partial charge in [-0.15, -0.1) is 0 Å². The molecule has 5 rings (SSSR count). The van der Waals surface area contributed by atoms with Crippen molar-refractivity contribution in [3.8, 4) is 5.75 Å². The molecule has 3 aliphatic rings. The van der Waals surface area contributed by atoms with Crippen molar-refractivity contribution in [2.75, 3.05) is 37.8 Å². The molecule has 0 bridgehead atoms. The van der Waals surface area contributed by atoms with Crippen molar-refractivity contribution in [2.45, 2.75) is 20.0 Å². The molecule has 2 aromatic carbocycles. The maximum absolute atomic E-state index is 12.9. The average Bonchev–Trinajstić information content (AvgIpc) is 3.12. The quantitative estimate of drug-likeness (QED) is 0.504. The summed E-state index contributed by atoms with van der Waals surface area (Å²) >= 11 is 6.31. The molecule has 0 saturated carbocycles. The second-order valence-corrected chi connectivity index (χ2v) is 10.3. The molecule has 3 aliphatic heterocycles. The summed E-state index contributed by atoms with van der Waals surface area (Å²) in [5, 5.41) is 2.63. The van der Waals surface area contributed by atoms with Gasteiger partial charge in [0.25, 0.3) is 11.8 Å². The van der Waals surface area contributed by atoms with Crippen molar-refractivity contribution < 1.29 is 19.1 Å². The number of ether oxygens (including phenoxy) is 2. The lowest BCUT2D eigenvalue weighted by molar-refractivity contribution is -0.121. The molecular formula is C25H25N3O4S2. The molecule has 7 nitrogen and oxygen atoms in total. The van der Waals surface area contributed by atoms with E-state index in [4.69, 9.17) is 21.7 Å². The number of benzene rings is 2. The van der Waals surface area contributed by atoms with Crippen LogP contribution in [0, 0.1) is 6.92 Å². The first-order valence-corrected chi connectivity index (χ1v) is 12.4. The van der Waals surface area contributed by atoms with Crippen molar-refractivity contribution >= 4 is 51.9 Å². The van der Waals surface area contributed by atoms with Gasteiger partial charge in [-0.2, -0.15) is 0 Å². The van der Waals surface area contributed by atoms with Crippen LogP contribution in [0.15, 0.2) is 41.3 Å². The standard InChI is InChI=1S/C25H25N3O4S2/c1-16-8-18(13-27-4-6-31-7-5-27)10-19(9-16)14-28-20-11-17(2-3-21(20)32-15-23(28)29)12-22-24(30)26-25(33)34-22/h2-3,8-12H,4-7,13-15H2,1H3,(H,26,30,33)/b22-12+. The summed E-state index contributed by atoms with van der Waals surface area (Å²) in [5.41, 5.74) is 4.98. The number of nitrogens with zero attached hydrogens (tertiary/aromatic N) is 2. The zero-order chi connectivity index (χ0) is 23.7. The van der Waals surface area contributed by atoms with Gasteiger partial charge in [-0.3, -0.25) is 14.5 Å². The van der Waals surface area contributed by atoms with E-state index >= 15 is 0 Å². The lowest BCUT2D eigenvalue weighted by atomic mass is 10.0. The van der Waals surface area contributed by atoms with E-state index in [1.165, 1.54) is 22.9 Å². The summed E-state index contributed by atoms with van der Waals surface area (Å²) in [6, 6.07) is 12.1. The maximum atomic E-state index is 12.9. The van der Waals surface area contributed by atoms with Gasteiger partial charge in [-0.05, 0) is 41.8 Å².